The molecule has 1 N–H and O–H groups in total. The van der Waals surface area contributed by atoms with Crippen LogP contribution in [0.15, 0.2) is 24.3 Å². The van der Waals surface area contributed by atoms with Gasteiger partial charge in [-0.15, -0.1) is 0 Å². The summed E-state index contributed by atoms with van der Waals surface area (Å²) in [5.74, 6) is -1.63. The molecule has 0 saturated carbocycles. The van der Waals surface area contributed by atoms with Crippen LogP contribution in [0, 0.1) is 5.92 Å². The van der Waals surface area contributed by atoms with Crippen LogP contribution in [0.5, 0.6) is 0 Å². The van der Waals surface area contributed by atoms with Crippen LogP contribution in [0.25, 0.3) is 0 Å². The number of hydrogen-bond acceptors (Lipinski definition) is 3. The second kappa shape index (κ2) is 5.68. The molecular weight excluding hydrogens is 296 g/mol. The van der Waals surface area contributed by atoms with E-state index < -0.39 is 11.9 Å². The van der Waals surface area contributed by atoms with Gasteiger partial charge in [0.15, 0.2) is 0 Å². The van der Waals surface area contributed by atoms with Crippen LogP contribution in [0.1, 0.15) is 40.0 Å². The van der Waals surface area contributed by atoms with Gasteiger partial charge in [-0.25, -0.2) is 0 Å². The second-order valence-electron chi connectivity index (χ2n) is 6.47. The molecule has 2 amide bonds. The molecule has 2 fully saturated rings. The highest BCUT2D eigenvalue weighted by atomic mass is 16.4. The number of carboxylic acid groups (broad SMARTS) is 1. The lowest BCUT2D eigenvalue weighted by atomic mass is 9.89. The van der Waals surface area contributed by atoms with E-state index in [2.05, 4.69) is 0 Å². The average Bonchev–Trinajstić information content (AvgIpc) is 3.11. The molecule has 6 heteroatoms. The molecule has 1 aromatic rings. The molecular formula is C17H20N2O4. The Balaban J connectivity index is 1.86. The van der Waals surface area contributed by atoms with Gasteiger partial charge in [0.05, 0.1) is 5.92 Å². The van der Waals surface area contributed by atoms with Gasteiger partial charge in [-0.2, -0.15) is 0 Å². The van der Waals surface area contributed by atoms with E-state index >= 15 is 0 Å². The van der Waals surface area contributed by atoms with Crippen LogP contribution in [-0.4, -0.2) is 58.9 Å². The zero-order chi connectivity index (χ0) is 16.7. The molecule has 3 unspecified atom stereocenters. The predicted octanol–water partition coefficient (Wildman–Crippen LogP) is 1.47. The lowest BCUT2D eigenvalue weighted by molar-refractivity contribution is -0.142. The minimum Gasteiger partial charge on any atom is -0.481 e. The molecule has 2 heterocycles. The van der Waals surface area contributed by atoms with Crippen LogP contribution < -0.4 is 0 Å². The highest BCUT2D eigenvalue weighted by molar-refractivity contribution is 6.00. The molecule has 2 saturated heterocycles. The molecule has 6 nitrogen and oxygen atoms in total. The molecule has 0 spiro atoms. The van der Waals surface area contributed by atoms with Crippen molar-refractivity contribution in [3.8, 4) is 0 Å². The van der Waals surface area contributed by atoms with Gasteiger partial charge in [0.2, 0.25) is 0 Å². The molecule has 2 aliphatic heterocycles. The largest absolute Gasteiger partial charge is 0.481 e. The Morgan fingerprint density at radius 2 is 1.87 bits per heavy atom. The normalized spacial score (nSPS) is 25.5. The van der Waals surface area contributed by atoms with Crippen molar-refractivity contribution in [1.82, 2.24) is 9.80 Å². The van der Waals surface area contributed by atoms with Gasteiger partial charge in [0, 0.05) is 37.3 Å². The second-order valence-corrected chi connectivity index (χ2v) is 6.47. The molecule has 1 aromatic carbocycles. The van der Waals surface area contributed by atoms with Gasteiger partial charge >= 0.3 is 5.97 Å². The zero-order valence-corrected chi connectivity index (χ0v) is 13.2. The van der Waals surface area contributed by atoms with Crippen LogP contribution in [0.4, 0.5) is 0 Å². The SMILES string of the molecule is CN(C)C(=O)c1cccc(C(=O)N2C3CCC2C(C(=O)O)C3)c1. The number of hydrogen-bond donors (Lipinski definition) is 1. The topological polar surface area (TPSA) is 77.9 Å². The van der Waals surface area contributed by atoms with E-state index in [1.54, 1.807) is 43.3 Å². The van der Waals surface area contributed by atoms with Crippen molar-refractivity contribution < 1.29 is 19.5 Å². The van der Waals surface area contributed by atoms with E-state index in [0.717, 1.165) is 12.8 Å². The minimum atomic E-state index is -0.827. The van der Waals surface area contributed by atoms with E-state index in [4.69, 9.17) is 0 Å². The van der Waals surface area contributed by atoms with Crippen molar-refractivity contribution in [3.63, 3.8) is 0 Å². The Kier molecular flexibility index (Phi) is 3.83. The summed E-state index contributed by atoms with van der Waals surface area (Å²) in [7, 11) is 3.32. The maximum atomic E-state index is 12.8. The summed E-state index contributed by atoms with van der Waals surface area (Å²) >= 11 is 0. The van der Waals surface area contributed by atoms with Gasteiger partial charge in [-0.3, -0.25) is 14.4 Å². The number of benzene rings is 1. The lowest BCUT2D eigenvalue weighted by Gasteiger charge is -2.23. The maximum absolute atomic E-state index is 12.8. The third kappa shape index (κ3) is 2.58. The van der Waals surface area contributed by atoms with Gasteiger partial charge < -0.3 is 14.9 Å². The fourth-order valence-electron chi connectivity index (χ4n) is 3.76. The first-order valence-electron chi connectivity index (χ1n) is 7.77. The van der Waals surface area contributed by atoms with Gasteiger partial charge in [-0.1, -0.05) is 6.07 Å². The Morgan fingerprint density at radius 1 is 1.17 bits per heavy atom. The third-order valence-electron chi connectivity index (χ3n) is 4.85. The smallest absolute Gasteiger partial charge is 0.308 e. The number of carboxylic acids is 1. The summed E-state index contributed by atoms with van der Waals surface area (Å²) < 4.78 is 0. The first-order valence-corrected chi connectivity index (χ1v) is 7.77. The Bertz CT molecular complexity index is 670. The summed E-state index contributed by atoms with van der Waals surface area (Å²) in [6.45, 7) is 0. The quantitative estimate of drug-likeness (QED) is 0.916. The van der Waals surface area contributed by atoms with Crippen LogP contribution in [0.3, 0.4) is 0 Å². The summed E-state index contributed by atoms with van der Waals surface area (Å²) in [4.78, 5) is 39.4. The number of aliphatic carboxylic acids is 1. The van der Waals surface area contributed by atoms with Crippen LogP contribution >= 0.6 is 0 Å². The van der Waals surface area contributed by atoms with E-state index in [9.17, 15) is 19.5 Å². The number of rotatable bonds is 3. The van der Waals surface area contributed by atoms with Crippen molar-refractivity contribution in [1.29, 1.82) is 0 Å². The summed E-state index contributed by atoms with van der Waals surface area (Å²) in [5, 5.41) is 9.30. The highest BCUT2D eigenvalue weighted by Gasteiger charge is 2.51. The van der Waals surface area contributed by atoms with Crippen molar-refractivity contribution in [3.05, 3.63) is 35.4 Å². The fraction of sp³-hybridized carbons (Fsp3) is 0.471. The molecule has 23 heavy (non-hydrogen) atoms. The summed E-state index contributed by atoms with van der Waals surface area (Å²) in [6.07, 6.45) is 2.13. The number of carbonyl (C=O) groups is 3. The van der Waals surface area contributed by atoms with Crippen LogP contribution in [-0.2, 0) is 4.79 Å². The molecule has 3 atom stereocenters. The Hall–Kier alpha value is -2.37. The van der Waals surface area contributed by atoms with Gasteiger partial charge in [0.25, 0.3) is 11.8 Å². The monoisotopic (exact) mass is 316 g/mol. The van der Waals surface area contributed by atoms with Crippen LogP contribution in [0.2, 0.25) is 0 Å². The molecule has 122 valence electrons. The predicted molar refractivity (Wildman–Crippen MR) is 83.2 cm³/mol. The van der Waals surface area contributed by atoms with E-state index in [0.29, 0.717) is 17.5 Å². The van der Waals surface area contributed by atoms with E-state index in [-0.39, 0.29) is 23.9 Å². The minimum absolute atomic E-state index is 0.00167. The van der Waals surface area contributed by atoms with Gasteiger partial charge in [0.1, 0.15) is 0 Å². The van der Waals surface area contributed by atoms with Gasteiger partial charge in [-0.05, 0) is 37.5 Å². The highest BCUT2D eigenvalue weighted by Crippen LogP contribution is 2.42. The standard InChI is InChI=1S/C17H20N2O4/c1-18(2)15(20)10-4-3-5-11(8-10)16(21)19-12-6-7-14(19)13(9-12)17(22)23/h3-5,8,12-14H,6-7,9H2,1-2H3,(H,22,23). The third-order valence-corrected chi connectivity index (χ3v) is 4.85. The molecule has 0 radical (unpaired) electrons. The van der Waals surface area contributed by atoms with Crippen molar-refractivity contribution >= 4 is 17.8 Å². The summed E-state index contributed by atoms with van der Waals surface area (Å²) in [5.41, 5.74) is 0.905. The number of nitrogens with zero attached hydrogens (tertiary/aromatic N) is 2. The maximum Gasteiger partial charge on any atom is 0.308 e. The number of fused-ring (bicyclic) bond motifs is 2. The average molecular weight is 316 g/mol. The Labute approximate surface area is 134 Å². The Morgan fingerprint density at radius 3 is 2.48 bits per heavy atom. The lowest BCUT2D eigenvalue weighted by Crippen LogP contribution is -2.38. The zero-order valence-electron chi connectivity index (χ0n) is 13.2. The molecule has 0 aliphatic carbocycles. The fourth-order valence-corrected chi connectivity index (χ4v) is 3.76. The van der Waals surface area contributed by atoms with Crippen molar-refractivity contribution in [2.45, 2.75) is 31.3 Å². The number of amides is 2. The molecule has 3 rings (SSSR count). The summed E-state index contributed by atoms with van der Waals surface area (Å²) in [6, 6.07) is 6.43. The van der Waals surface area contributed by atoms with Crippen molar-refractivity contribution in [2.24, 2.45) is 5.92 Å². The first-order chi connectivity index (χ1) is 10.9. The first kappa shape index (κ1) is 15.5. The molecule has 0 aromatic heterocycles. The molecule has 2 bridgehead atoms. The molecule has 2 aliphatic rings. The van der Waals surface area contributed by atoms with Crippen molar-refractivity contribution in [2.75, 3.05) is 14.1 Å². The number of carbonyl (C=O) groups excluding carboxylic acids is 2. The van der Waals surface area contributed by atoms with E-state index in [1.165, 1.54) is 4.90 Å². The van der Waals surface area contributed by atoms with E-state index in [1.807, 2.05) is 0 Å².